The average Bonchev–Trinajstić information content (AvgIpc) is 2.63. The minimum absolute atomic E-state index is 0.0368. The fourth-order valence-corrected chi connectivity index (χ4v) is 3.62. The molecule has 2 aromatic carbocycles. The van der Waals surface area contributed by atoms with Crippen molar-refractivity contribution in [3.05, 3.63) is 54.2 Å². The minimum Gasteiger partial charge on any atom is -0.506 e. The lowest BCUT2D eigenvalue weighted by atomic mass is 10.3. The highest BCUT2D eigenvalue weighted by atomic mass is 32.2. The molecule has 0 amide bonds. The van der Waals surface area contributed by atoms with Gasteiger partial charge in [0, 0.05) is 6.20 Å². The number of anilines is 2. The van der Waals surface area contributed by atoms with Crippen LogP contribution in [0.2, 0.25) is 0 Å². The molecule has 2 rings (SSSR count). The van der Waals surface area contributed by atoms with Crippen LogP contribution in [0.3, 0.4) is 0 Å². The lowest BCUT2D eigenvalue weighted by Gasteiger charge is -2.11. The second kappa shape index (κ2) is 7.98. The van der Waals surface area contributed by atoms with Crippen molar-refractivity contribution in [1.82, 2.24) is 0 Å². The number of phenols is 1. The molecule has 2 aromatic rings. The van der Waals surface area contributed by atoms with E-state index in [4.69, 9.17) is 15.7 Å². The molecule has 0 bridgehead atoms. The Morgan fingerprint density at radius 1 is 1.04 bits per heavy atom. The normalized spacial score (nSPS) is 11.0. The molecule has 10 nitrogen and oxygen atoms in total. The summed E-state index contributed by atoms with van der Waals surface area (Å²) in [5, 5.41) is 34.7. The number of sulfonamides is 2. The van der Waals surface area contributed by atoms with Crippen molar-refractivity contribution in [1.29, 1.82) is 10.5 Å². The van der Waals surface area contributed by atoms with Gasteiger partial charge in [0.1, 0.15) is 23.5 Å². The van der Waals surface area contributed by atoms with Crippen molar-refractivity contribution in [2.24, 2.45) is 5.14 Å². The quantitative estimate of drug-likeness (QED) is 0.397. The second-order valence-electron chi connectivity index (χ2n) is 5.28. The van der Waals surface area contributed by atoms with E-state index >= 15 is 0 Å². The lowest BCUT2D eigenvalue weighted by Crippen LogP contribution is -2.15. The predicted molar refractivity (Wildman–Crippen MR) is 99.7 cm³/mol. The number of aromatic hydroxyl groups is 1. The average molecular weight is 419 g/mol. The molecule has 0 aliphatic rings. The number of allylic oxidation sites excluding steroid dienone is 1. The van der Waals surface area contributed by atoms with Crippen molar-refractivity contribution in [3.8, 4) is 17.9 Å². The van der Waals surface area contributed by atoms with Gasteiger partial charge in [0.2, 0.25) is 10.0 Å². The summed E-state index contributed by atoms with van der Waals surface area (Å²) in [7, 11) is -8.17. The first kappa shape index (κ1) is 20.7. The van der Waals surface area contributed by atoms with E-state index in [0.717, 1.165) is 30.5 Å². The van der Waals surface area contributed by atoms with Gasteiger partial charge in [0.15, 0.2) is 0 Å². The summed E-state index contributed by atoms with van der Waals surface area (Å²) < 4.78 is 50.1. The number of nitriles is 2. The van der Waals surface area contributed by atoms with Crippen LogP contribution in [0.15, 0.2) is 64.0 Å². The van der Waals surface area contributed by atoms with Crippen molar-refractivity contribution in [2.45, 2.75) is 9.79 Å². The highest BCUT2D eigenvalue weighted by molar-refractivity contribution is 7.92. The Labute approximate surface area is 161 Å². The largest absolute Gasteiger partial charge is 0.506 e. The van der Waals surface area contributed by atoms with Gasteiger partial charge in [-0.2, -0.15) is 10.5 Å². The third-order valence-corrected chi connectivity index (χ3v) is 5.60. The van der Waals surface area contributed by atoms with E-state index in [9.17, 15) is 21.9 Å². The summed E-state index contributed by atoms with van der Waals surface area (Å²) >= 11 is 0. The van der Waals surface area contributed by atoms with Crippen LogP contribution in [0.4, 0.5) is 11.4 Å². The number of hydrogen-bond donors (Lipinski definition) is 4. The van der Waals surface area contributed by atoms with Gasteiger partial charge in [-0.1, -0.05) is 6.07 Å². The first-order valence-electron chi connectivity index (χ1n) is 7.32. The highest BCUT2D eigenvalue weighted by Crippen LogP contribution is 2.28. The van der Waals surface area contributed by atoms with Gasteiger partial charge in [-0.3, -0.25) is 4.72 Å². The fraction of sp³-hybridized carbons (Fsp3) is 0. The number of nitrogens with one attached hydrogen (secondary N) is 2. The van der Waals surface area contributed by atoms with Crippen LogP contribution in [0.1, 0.15) is 0 Å². The number of rotatable bonds is 6. The van der Waals surface area contributed by atoms with Gasteiger partial charge >= 0.3 is 0 Å². The highest BCUT2D eigenvalue weighted by Gasteiger charge is 2.17. The van der Waals surface area contributed by atoms with Crippen LogP contribution < -0.4 is 15.2 Å². The standard InChI is InChI=1S/C16H13N5O5S2/c17-8-11(9-18)10-20-15-7-14(4-5-16(15)22)28(25,26)21-12-2-1-3-13(6-12)27(19,23)24/h1-7,10,20-22H,(H2,19,23,24). The molecule has 0 radical (unpaired) electrons. The Balaban J connectivity index is 2.37. The molecule has 0 spiro atoms. The molecule has 0 aromatic heterocycles. The molecule has 144 valence electrons. The second-order valence-corrected chi connectivity index (χ2v) is 8.53. The van der Waals surface area contributed by atoms with Crippen LogP contribution in [0, 0.1) is 22.7 Å². The van der Waals surface area contributed by atoms with Crippen LogP contribution in [0.5, 0.6) is 5.75 Å². The Bertz CT molecular complexity index is 1220. The van der Waals surface area contributed by atoms with Crippen molar-refractivity contribution in [3.63, 3.8) is 0 Å². The smallest absolute Gasteiger partial charge is 0.261 e. The van der Waals surface area contributed by atoms with E-state index in [0.29, 0.717) is 0 Å². The maximum Gasteiger partial charge on any atom is 0.261 e. The van der Waals surface area contributed by atoms with E-state index in [-0.39, 0.29) is 32.5 Å². The molecule has 0 saturated carbocycles. The molecule has 0 atom stereocenters. The van der Waals surface area contributed by atoms with E-state index in [1.807, 2.05) is 0 Å². The van der Waals surface area contributed by atoms with Gasteiger partial charge in [-0.05, 0) is 36.4 Å². The summed E-state index contributed by atoms with van der Waals surface area (Å²) in [6, 6.07) is 11.4. The Hall–Kier alpha value is -3.58. The Morgan fingerprint density at radius 3 is 2.32 bits per heavy atom. The SMILES string of the molecule is N#CC(C#N)=CNc1cc(S(=O)(=O)Nc2cccc(S(N)(=O)=O)c2)ccc1O. The molecule has 12 heteroatoms. The van der Waals surface area contributed by atoms with Crippen LogP contribution in [-0.4, -0.2) is 21.9 Å². The van der Waals surface area contributed by atoms with Gasteiger partial charge in [0.25, 0.3) is 10.0 Å². The molecule has 0 unspecified atom stereocenters. The molecule has 0 saturated heterocycles. The maximum absolute atomic E-state index is 12.6. The minimum atomic E-state index is -4.15. The van der Waals surface area contributed by atoms with Gasteiger partial charge in [-0.25, -0.2) is 22.0 Å². The summed E-state index contributed by atoms with van der Waals surface area (Å²) in [4.78, 5) is -0.538. The summed E-state index contributed by atoms with van der Waals surface area (Å²) in [6.07, 6.45) is 1.01. The molecule has 0 heterocycles. The van der Waals surface area contributed by atoms with Crippen LogP contribution in [0.25, 0.3) is 0 Å². The Kier molecular flexibility index (Phi) is 5.90. The monoisotopic (exact) mass is 419 g/mol. The number of nitrogens with zero attached hydrogens (tertiary/aromatic N) is 2. The zero-order chi connectivity index (χ0) is 20.9. The third kappa shape index (κ3) is 4.99. The lowest BCUT2D eigenvalue weighted by molar-refractivity contribution is 0.477. The summed E-state index contributed by atoms with van der Waals surface area (Å²) in [5.41, 5.74) is -0.389. The van der Waals surface area contributed by atoms with Gasteiger partial charge < -0.3 is 10.4 Å². The van der Waals surface area contributed by atoms with E-state index in [2.05, 4.69) is 10.0 Å². The fourth-order valence-electron chi connectivity index (χ4n) is 1.99. The molecular formula is C16H13N5O5S2. The van der Waals surface area contributed by atoms with Crippen molar-refractivity contribution in [2.75, 3.05) is 10.0 Å². The van der Waals surface area contributed by atoms with Gasteiger partial charge in [-0.15, -0.1) is 0 Å². The third-order valence-electron chi connectivity index (χ3n) is 3.31. The first-order valence-corrected chi connectivity index (χ1v) is 10.4. The number of nitrogens with two attached hydrogens (primary N) is 1. The van der Waals surface area contributed by atoms with Crippen molar-refractivity contribution < 1.29 is 21.9 Å². The number of phenolic OH excluding ortho intramolecular Hbond substituents is 1. The predicted octanol–water partition coefficient (Wildman–Crippen LogP) is 1.18. The van der Waals surface area contributed by atoms with E-state index in [1.165, 1.54) is 18.2 Å². The molecule has 5 N–H and O–H groups in total. The van der Waals surface area contributed by atoms with Gasteiger partial charge in [0.05, 0.1) is 21.2 Å². The van der Waals surface area contributed by atoms with Crippen molar-refractivity contribution >= 4 is 31.4 Å². The van der Waals surface area contributed by atoms with Crippen LogP contribution in [-0.2, 0) is 20.0 Å². The molecule has 0 aliphatic heterocycles. The zero-order valence-electron chi connectivity index (χ0n) is 14.0. The van der Waals surface area contributed by atoms with E-state index in [1.54, 1.807) is 12.1 Å². The zero-order valence-corrected chi connectivity index (χ0v) is 15.6. The first-order chi connectivity index (χ1) is 13.1. The number of benzene rings is 2. The molecule has 0 fully saturated rings. The van der Waals surface area contributed by atoms with Crippen LogP contribution >= 0.6 is 0 Å². The number of hydrogen-bond acceptors (Lipinski definition) is 8. The molecular weight excluding hydrogens is 406 g/mol. The summed E-state index contributed by atoms with van der Waals surface area (Å²) in [5.74, 6) is -0.318. The Morgan fingerprint density at radius 2 is 1.71 bits per heavy atom. The van der Waals surface area contributed by atoms with E-state index < -0.39 is 20.0 Å². The maximum atomic E-state index is 12.6. The topological polar surface area (TPSA) is 186 Å². The molecule has 0 aliphatic carbocycles. The molecule has 28 heavy (non-hydrogen) atoms. The summed E-state index contributed by atoms with van der Waals surface area (Å²) in [6.45, 7) is 0. The number of primary sulfonamides is 1.